The van der Waals surface area contributed by atoms with Crippen molar-refractivity contribution in [3.63, 3.8) is 0 Å². The van der Waals surface area contributed by atoms with Gasteiger partial charge >= 0.3 is 11.9 Å². The Balaban J connectivity index is 1.30. The Hall–Kier alpha value is -3.38. The fourth-order valence-corrected chi connectivity index (χ4v) is 8.69. The molecule has 4 aliphatic heterocycles. The van der Waals surface area contributed by atoms with Crippen molar-refractivity contribution >= 4 is 41.0 Å². The molecule has 13 heteroatoms. The van der Waals surface area contributed by atoms with E-state index in [1.165, 1.54) is 39.9 Å². The van der Waals surface area contributed by atoms with Crippen LogP contribution in [0.4, 0.5) is 0 Å². The lowest BCUT2D eigenvalue weighted by atomic mass is 9.78. The molecule has 0 aliphatic carbocycles. The van der Waals surface area contributed by atoms with Crippen LogP contribution in [-0.4, -0.2) is 108 Å². The number of aromatic nitrogens is 2. The van der Waals surface area contributed by atoms with Crippen molar-refractivity contribution in [3.05, 3.63) is 74.6 Å². The Morgan fingerprint density at radius 2 is 1.48 bits per heavy atom. The quantitative estimate of drug-likeness (QED) is 0.388. The molecule has 1 amide bonds. The minimum atomic E-state index is -1.04. The summed E-state index contributed by atoms with van der Waals surface area (Å²) in [7, 11) is 6.71. The van der Waals surface area contributed by atoms with Crippen molar-refractivity contribution in [3.8, 4) is 0 Å². The molecule has 1 N–H and O–H groups in total. The zero-order chi connectivity index (χ0) is 34.1. The van der Waals surface area contributed by atoms with Gasteiger partial charge < -0.3 is 29.2 Å². The van der Waals surface area contributed by atoms with E-state index in [2.05, 4.69) is 27.1 Å². The summed E-state index contributed by atoms with van der Waals surface area (Å²) in [5.74, 6) is -1.70. The number of carbonyl (C=O) groups is 3. The number of hydrogen-bond acceptors (Lipinski definition) is 9. The van der Waals surface area contributed by atoms with Gasteiger partial charge in [-0.1, -0.05) is 29.3 Å². The van der Waals surface area contributed by atoms with Crippen LogP contribution >= 0.6 is 23.2 Å². The number of imidazole rings is 1. The number of methoxy groups -OCH3 is 2. The van der Waals surface area contributed by atoms with Gasteiger partial charge in [0.2, 0.25) is 5.91 Å². The maximum Gasteiger partial charge on any atom is 0.336 e. The highest BCUT2D eigenvalue weighted by molar-refractivity contribution is 6.36. The van der Waals surface area contributed by atoms with Crippen molar-refractivity contribution in [2.24, 2.45) is 7.05 Å². The number of carbonyl (C=O) groups excluding carboxylic acids is 3. The third kappa shape index (κ3) is 6.75. The van der Waals surface area contributed by atoms with E-state index in [0.717, 1.165) is 18.9 Å². The van der Waals surface area contributed by atoms with Crippen LogP contribution in [0.3, 0.4) is 0 Å². The predicted molar refractivity (Wildman–Crippen MR) is 182 cm³/mol. The van der Waals surface area contributed by atoms with Gasteiger partial charge in [-0.2, -0.15) is 0 Å². The Kier molecular flexibility index (Phi) is 10.5. The van der Waals surface area contributed by atoms with Crippen LogP contribution < -0.4 is 5.32 Å². The summed E-state index contributed by atoms with van der Waals surface area (Å²) in [5, 5.41) is 3.86. The summed E-state index contributed by atoms with van der Waals surface area (Å²) in [6, 6.07) is 6.87. The van der Waals surface area contributed by atoms with Gasteiger partial charge in [0.1, 0.15) is 5.82 Å². The second-order valence-electron chi connectivity index (χ2n) is 13.2. The lowest BCUT2D eigenvalue weighted by Crippen LogP contribution is -2.56. The van der Waals surface area contributed by atoms with Crippen molar-refractivity contribution in [1.82, 2.24) is 29.6 Å². The van der Waals surface area contributed by atoms with Crippen molar-refractivity contribution in [1.29, 1.82) is 0 Å². The Morgan fingerprint density at radius 1 is 0.875 bits per heavy atom. The number of ether oxygens (including phenoxy) is 2. The molecule has 0 radical (unpaired) electrons. The van der Waals surface area contributed by atoms with E-state index in [1.54, 1.807) is 24.4 Å². The molecule has 6 rings (SSSR count). The summed E-state index contributed by atoms with van der Waals surface area (Å²) in [4.78, 5) is 52.7. The van der Waals surface area contributed by atoms with Gasteiger partial charge in [-0.15, -0.1) is 0 Å². The molecule has 2 bridgehead atoms. The number of rotatable bonds is 9. The van der Waals surface area contributed by atoms with E-state index >= 15 is 0 Å². The number of hydrogen-bond donors (Lipinski definition) is 1. The first kappa shape index (κ1) is 34.5. The summed E-state index contributed by atoms with van der Waals surface area (Å²) in [6.07, 6.45) is 9.20. The molecule has 4 aliphatic rings. The first-order valence-corrected chi connectivity index (χ1v) is 17.4. The molecule has 1 aromatic heterocycles. The highest BCUT2D eigenvalue weighted by Gasteiger charge is 2.43. The Morgan fingerprint density at radius 3 is 2.04 bits per heavy atom. The topological polar surface area (TPSA) is 109 Å². The third-order valence-electron chi connectivity index (χ3n) is 10.7. The third-order valence-corrected chi connectivity index (χ3v) is 11.4. The van der Waals surface area contributed by atoms with Crippen LogP contribution in [0.25, 0.3) is 0 Å². The number of benzene rings is 1. The van der Waals surface area contributed by atoms with Gasteiger partial charge in [0, 0.05) is 97.2 Å². The van der Waals surface area contributed by atoms with Crippen molar-refractivity contribution < 1.29 is 23.9 Å². The normalized spacial score (nSPS) is 24.9. The van der Waals surface area contributed by atoms with Crippen LogP contribution in [0.15, 0.2) is 53.1 Å². The Bertz CT molecular complexity index is 1600. The number of nitrogens with one attached hydrogen (secondary N) is 1. The molecule has 3 atom stereocenters. The molecular weight excluding hydrogens is 655 g/mol. The standard InChI is InChI=1S/C35H44Cl2N6O5/c1-40-13-12-38-28(40)11-10-26-31(34(45)47-3)33(30-24(36)6-5-7-25(30)37)32(35(46)48-4)27(39-26)20-29(44)43-16-14-42(15-17-43)23-18-21-8-9-22(19-23)41(21)2/h5-7,12-13,21-23,33,39H,8-11,14-20H2,1-4H3. The van der Waals surface area contributed by atoms with Gasteiger partial charge in [-0.05, 0) is 51.3 Å². The first-order chi connectivity index (χ1) is 23.1. The van der Waals surface area contributed by atoms with E-state index in [1.807, 2.05) is 22.7 Å². The number of halogens is 2. The van der Waals surface area contributed by atoms with E-state index in [4.69, 9.17) is 32.7 Å². The number of piperazine rings is 1. The highest BCUT2D eigenvalue weighted by Crippen LogP contribution is 2.46. The molecule has 258 valence electrons. The molecule has 2 aromatic rings. The van der Waals surface area contributed by atoms with Crippen molar-refractivity contribution in [2.45, 2.75) is 69.0 Å². The Labute approximate surface area is 291 Å². The van der Waals surface area contributed by atoms with Crippen LogP contribution in [-0.2, 0) is 37.3 Å². The fraction of sp³-hybridized carbons (Fsp3) is 0.543. The lowest BCUT2D eigenvalue weighted by Gasteiger charge is -2.45. The van der Waals surface area contributed by atoms with E-state index in [9.17, 15) is 14.4 Å². The summed E-state index contributed by atoms with van der Waals surface area (Å²) in [6.45, 7) is 2.84. The van der Waals surface area contributed by atoms with Gasteiger partial charge in [0.25, 0.3) is 0 Å². The smallest absolute Gasteiger partial charge is 0.336 e. The second-order valence-corrected chi connectivity index (χ2v) is 14.0. The van der Waals surface area contributed by atoms with Crippen molar-refractivity contribution in [2.75, 3.05) is 47.4 Å². The first-order valence-electron chi connectivity index (χ1n) is 16.6. The van der Waals surface area contributed by atoms with E-state index in [-0.39, 0.29) is 33.5 Å². The molecule has 5 heterocycles. The minimum Gasteiger partial charge on any atom is -0.466 e. The van der Waals surface area contributed by atoms with Crippen LogP contribution in [0.1, 0.15) is 55.8 Å². The van der Waals surface area contributed by atoms with Gasteiger partial charge in [-0.3, -0.25) is 9.69 Å². The molecular formula is C35H44Cl2N6O5. The summed E-state index contributed by atoms with van der Waals surface area (Å²) < 4.78 is 12.4. The maximum atomic E-state index is 14.0. The van der Waals surface area contributed by atoms with Gasteiger partial charge in [0.15, 0.2) is 0 Å². The molecule has 11 nitrogen and oxygen atoms in total. The van der Waals surface area contributed by atoms with Crippen LogP contribution in [0.5, 0.6) is 0 Å². The average Bonchev–Trinajstić information content (AvgIpc) is 3.56. The van der Waals surface area contributed by atoms with Gasteiger partial charge in [-0.25, -0.2) is 14.6 Å². The fourth-order valence-electron chi connectivity index (χ4n) is 8.08. The van der Waals surface area contributed by atoms with Crippen LogP contribution in [0, 0.1) is 0 Å². The molecule has 0 saturated carbocycles. The number of aryl methyl sites for hydroxylation is 2. The number of esters is 2. The molecule has 1 aromatic carbocycles. The largest absolute Gasteiger partial charge is 0.466 e. The number of allylic oxidation sites excluding steroid dienone is 1. The summed E-state index contributed by atoms with van der Waals surface area (Å²) >= 11 is 13.5. The number of piperidine rings is 1. The SMILES string of the molecule is COC(=O)C1=C(CCc2nccn2C)NC(CC(=O)N2CCN(C3CC4CCC(C3)N4C)CC2)=C(C(=O)OC)C1c1c(Cl)cccc1Cl. The number of fused-ring (bicyclic) bond motifs is 2. The molecule has 48 heavy (non-hydrogen) atoms. The van der Waals surface area contributed by atoms with E-state index in [0.29, 0.717) is 61.0 Å². The second kappa shape index (κ2) is 14.6. The van der Waals surface area contributed by atoms with Crippen LogP contribution in [0.2, 0.25) is 10.0 Å². The highest BCUT2D eigenvalue weighted by atomic mass is 35.5. The molecule has 3 saturated heterocycles. The molecule has 3 unspecified atom stereocenters. The van der Waals surface area contributed by atoms with E-state index < -0.39 is 17.9 Å². The lowest BCUT2D eigenvalue weighted by molar-refractivity contribution is -0.137. The number of amides is 1. The zero-order valence-corrected chi connectivity index (χ0v) is 29.5. The van der Waals surface area contributed by atoms with Gasteiger partial charge in [0.05, 0.1) is 37.7 Å². The number of nitrogens with zero attached hydrogens (tertiary/aromatic N) is 5. The average molecular weight is 700 g/mol. The predicted octanol–water partition coefficient (Wildman–Crippen LogP) is 4.06. The zero-order valence-electron chi connectivity index (χ0n) is 28.0. The monoisotopic (exact) mass is 698 g/mol. The summed E-state index contributed by atoms with van der Waals surface area (Å²) in [5.41, 5.74) is 1.50. The molecule has 3 fully saturated rings. The minimum absolute atomic E-state index is 0.0955. The maximum absolute atomic E-state index is 14.0. The molecule has 0 spiro atoms. The number of dihydropyridines is 1.